The fourth-order valence-corrected chi connectivity index (χ4v) is 3.48. The molecule has 2 rings (SSSR count). The molecule has 2 atom stereocenters. The molecule has 0 spiro atoms. The van der Waals surface area contributed by atoms with Crippen LogP contribution in [-0.2, 0) is 0 Å². The van der Waals surface area contributed by atoms with Gasteiger partial charge in [-0.3, -0.25) is 4.90 Å². The maximum atomic E-state index is 6.16. The summed E-state index contributed by atoms with van der Waals surface area (Å²) in [6, 6.07) is 4.53. The van der Waals surface area contributed by atoms with Crippen molar-refractivity contribution in [2.45, 2.75) is 25.4 Å². The van der Waals surface area contributed by atoms with Crippen LogP contribution in [0.4, 0.5) is 0 Å². The van der Waals surface area contributed by atoms with Crippen molar-refractivity contribution in [1.29, 1.82) is 0 Å². The van der Waals surface area contributed by atoms with Gasteiger partial charge in [0.2, 0.25) is 0 Å². The van der Waals surface area contributed by atoms with Gasteiger partial charge in [-0.25, -0.2) is 0 Å². The standard InChI is InChI=1S/C18H31N3O3/c1-6-13-12-21(8-7-20(13)2)15(11-19)14-9-17(23-4)18(24-5)10-16(14)22-3/h9-10,13,15H,6-8,11-12,19H2,1-5H3. The Balaban J connectivity index is 2.35. The molecule has 0 aliphatic carbocycles. The number of rotatable bonds is 7. The zero-order valence-electron chi connectivity index (χ0n) is 15.5. The molecule has 1 saturated heterocycles. The van der Waals surface area contributed by atoms with Gasteiger partial charge < -0.3 is 24.8 Å². The minimum atomic E-state index is 0.0995. The number of ether oxygens (including phenoxy) is 3. The zero-order chi connectivity index (χ0) is 17.7. The van der Waals surface area contributed by atoms with Gasteiger partial charge in [-0.15, -0.1) is 0 Å². The highest BCUT2D eigenvalue weighted by Crippen LogP contribution is 2.39. The molecular formula is C18H31N3O3. The second-order valence-electron chi connectivity index (χ2n) is 6.24. The van der Waals surface area contributed by atoms with E-state index in [1.165, 1.54) is 0 Å². The van der Waals surface area contributed by atoms with Crippen LogP contribution >= 0.6 is 0 Å². The summed E-state index contributed by atoms with van der Waals surface area (Å²) < 4.78 is 16.5. The molecule has 0 aromatic heterocycles. The molecule has 0 bridgehead atoms. The number of hydrogen-bond donors (Lipinski definition) is 1. The average Bonchev–Trinajstić information content (AvgIpc) is 2.62. The number of nitrogens with zero attached hydrogens (tertiary/aromatic N) is 2. The topological polar surface area (TPSA) is 60.2 Å². The number of benzene rings is 1. The highest BCUT2D eigenvalue weighted by atomic mass is 16.5. The molecule has 1 aliphatic rings. The maximum absolute atomic E-state index is 6.16. The Labute approximate surface area is 145 Å². The Hall–Kier alpha value is -1.50. The van der Waals surface area contributed by atoms with Crippen LogP contribution in [0.2, 0.25) is 0 Å². The van der Waals surface area contributed by atoms with Gasteiger partial charge in [0.15, 0.2) is 11.5 Å². The third-order valence-electron chi connectivity index (χ3n) is 5.04. The third-order valence-corrected chi connectivity index (χ3v) is 5.04. The van der Waals surface area contributed by atoms with E-state index in [2.05, 4.69) is 23.8 Å². The first-order valence-corrected chi connectivity index (χ1v) is 8.53. The van der Waals surface area contributed by atoms with Crippen LogP contribution < -0.4 is 19.9 Å². The minimum absolute atomic E-state index is 0.0995. The molecule has 1 aromatic rings. The van der Waals surface area contributed by atoms with E-state index in [1.807, 2.05) is 12.1 Å². The lowest BCUT2D eigenvalue weighted by Gasteiger charge is -2.43. The van der Waals surface area contributed by atoms with Gasteiger partial charge >= 0.3 is 0 Å². The van der Waals surface area contributed by atoms with E-state index in [4.69, 9.17) is 19.9 Å². The van der Waals surface area contributed by atoms with E-state index in [9.17, 15) is 0 Å². The van der Waals surface area contributed by atoms with Crippen molar-refractivity contribution in [2.75, 3.05) is 54.6 Å². The average molecular weight is 337 g/mol. The van der Waals surface area contributed by atoms with E-state index in [1.54, 1.807) is 21.3 Å². The minimum Gasteiger partial charge on any atom is -0.496 e. The van der Waals surface area contributed by atoms with Gasteiger partial charge in [-0.1, -0.05) is 6.92 Å². The van der Waals surface area contributed by atoms with Gasteiger partial charge in [0.1, 0.15) is 5.75 Å². The molecule has 1 fully saturated rings. The van der Waals surface area contributed by atoms with Crippen LogP contribution in [0, 0.1) is 0 Å². The van der Waals surface area contributed by atoms with Crippen LogP contribution in [-0.4, -0.2) is 70.4 Å². The summed E-state index contributed by atoms with van der Waals surface area (Å²) in [7, 11) is 7.15. The van der Waals surface area contributed by atoms with Crippen molar-refractivity contribution in [3.63, 3.8) is 0 Å². The molecule has 1 aromatic carbocycles. The van der Waals surface area contributed by atoms with Crippen molar-refractivity contribution in [2.24, 2.45) is 5.73 Å². The number of nitrogens with two attached hydrogens (primary N) is 1. The molecule has 0 radical (unpaired) electrons. The van der Waals surface area contributed by atoms with Crippen molar-refractivity contribution in [3.05, 3.63) is 17.7 Å². The largest absolute Gasteiger partial charge is 0.496 e. The molecule has 24 heavy (non-hydrogen) atoms. The Bertz CT molecular complexity index is 538. The highest BCUT2D eigenvalue weighted by Gasteiger charge is 2.30. The normalized spacial score (nSPS) is 20.7. The lowest BCUT2D eigenvalue weighted by atomic mass is 10.00. The Kier molecular flexibility index (Phi) is 6.71. The van der Waals surface area contributed by atoms with E-state index < -0.39 is 0 Å². The summed E-state index contributed by atoms with van der Waals surface area (Å²) in [6.45, 7) is 5.81. The molecule has 2 unspecified atom stereocenters. The van der Waals surface area contributed by atoms with E-state index in [0.29, 0.717) is 24.1 Å². The molecule has 1 heterocycles. The van der Waals surface area contributed by atoms with Crippen LogP contribution in [0.15, 0.2) is 12.1 Å². The van der Waals surface area contributed by atoms with Crippen LogP contribution in [0.3, 0.4) is 0 Å². The zero-order valence-corrected chi connectivity index (χ0v) is 15.5. The molecule has 6 heteroatoms. The van der Waals surface area contributed by atoms with Crippen molar-refractivity contribution in [1.82, 2.24) is 9.80 Å². The second kappa shape index (κ2) is 8.55. The van der Waals surface area contributed by atoms with Crippen LogP contribution in [0.1, 0.15) is 24.9 Å². The highest BCUT2D eigenvalue weighted by molar-refractivity contribution is 5.52. The lowest BCUT2D eigenvalue weighted by molar-refractivity contribution is 0.0635. The van der Waals surface area contributed by atoms with Crippen molar-refractivity contribution in [3.8, 4) is 17.2 Å². The smallest absolute Gasteiger partial charge is 0.164 e. The Morgan fingerprint density at radius 1 is 1.08 bits per heavy atom. The first-order chi connectivity index (χ1) is 11.6. The molecule has 1 aliphatic heterocycles. The monoisotopic (exact) mass is 337 g/mol. The first-order valence-electron chi connectivity index (χ1n) is 8.53. The fourth-order valence-electron chi connectivity index (χ4n) is 3.48. The number of hydrogen-bond acceptors (Lipinski definition) is 6. The molecule has 2 N–H and O–H groups in total. The summed E-state index contributed by atoms with van der Waals surface area (Å²) in [5.74, 6) is 2.15. The van der Waals surface area contributed by atoms with Gasteiger partial charge in [0, 0.05) is 43.9 Å². The van der Waals surface area contributed by atoms with Gasteiger partial charge in [-0.05, 0) is 19.5 Å². The lowest BCUT2D eigenvalue weighted by Crippen LogP contribution is -2.53. The number of likely N-dealkylation sites (N-methyl/N-ethyl adjacent to an activating group) is 1. The van der Waals surface area contributed by atoms with Crippen LogP contribution in [0.25, 0.3) is 0 Å². The Morgan fingerprint density at radius 3 is 2.25 bits per heavy atom. The molecule has 0 amide bonds. The predicted molar refractivity (Wildman–Crippen MR) is 96.2 cm³/mol. The quantitative estimate of drug-likeness (QED) is 0.818. The summed E-state index contributed by atoms with van der Waals surface area (Å²) in [4.78, 5) is 4.88. The molecular weight excluding hydrogens is 306 g/mol. The van der Waals surface area contributed by atoms with Gasteiger partial charge in [0.05, 0.1) is 27.4 Å². The summed E-state index contributed by atoms with van der Waals surface area (Å²) in [6.07, 6.45) is 1.13. The fraction of sp³-hybridized carbons (Fsp3) is 0.667. The first kappa shape index (κ1) is 18.8. The van der Waals surface area contributed by atoms with Crippen molar-refractivity contribution >= 4 is 0 Å². The van der Waals surface area contributed by atoms with Crippen molar-refractivity contribution < 1.29 is 14.2 Å². The second-order valence-corrected chi connectivity index (χ2v) is 6.24. The SMILES string of the molecule is CCC1CN(C(CN)c2cc(OC)c(OC)cc2OC)CCN1C. The van der Waals surface area contributed by atoms with Crippen LogP contribution in [0.5, 0.6) is 17.2 Å². The third kappa shape index (κ3) is 3.77. The number of methoxy groups -OCH3 is 3. The number of piperazine rings is 1. The maximum Gasteiger partial charge on any atom is 0.164 e. The predicted octanol–water partition coefficient (Wildman–Crippen LogP) is 1.74. The van der Waals surface area contributed by atoms with Gasteiger partial charge in [-0.2, -0.15) is 0 Å². The Morgan fingerprint density at radius 2 is 1.71 bits per heavy atom. The summed E-state index contributed by atoms with van der Waals surface area (Å²) in [5, 5.41) is 0. The molecule has 136 valence electrons. The molecule has 6 nitrogen and oxygen atoms in total. The summed E-state index contributed by atoms with van der Waals surface area (Å²) in [5.41, 5.74) is 7.21. The van der Waals surface area contributed by atoms with Gasteiger partial charge in [0.25, 0.3) is 0 Å². The van der Waals surface area contributed by atoms with E-state index >= 15 is 0 Å². The summed E-state index contributed by atoms with van der Waals surface area (Å²) >= 11 is 0. The molecule has 0 saturated carbocycles. The van der Waals surface area contributed by atoms with E-state index in [-0.39, 0.29) is 6.04 Å². The van der Waals surface area contributed by atoms with E-state index in [0.717, 1.165) is 37.4 Å².